The summed E-state index contributed by atoms with van der Waals surface area (Å²) in [5, 5.41) is 5.38. The minimum absolute atomic E-state index is 0.216. The fraction of sp³-hybridized carbons (Fsp3) is 0.333. The summed E-state index contributed by atoms with van der Waals surface area (Å²) in [7, 11) is 0. The Kier molecular flexibility index (Phi) is 4.91. The molecule has 2 nitrogen and oxygen atoms in total. The maximum Gasteiger partial charge on any atom is 0.0616 e. The molecule has 3 rings (SSSR count). The highest BCUT2D eigenvalue weighted by Crippen LogP contribution is 2.33. The van der Waals surface area contributed by atoms with Crippen LogP contribution in [0.15, 0.2) is 54.6 Å². The van der Waals surface area contributed by atoms with Crippen molar-refractivity contribution in [2.75, 3.05) is 26.2 Å². The smallest absolute Gasteiger partial charge is 0.0616 e. The highest BCUT2D eigenvalue weighted by Gasteiger charge is 2.24. The Labute approximate surface area is 131 Å². The molecule has 1 atom stereocenters. The van der Waals surface area contributed by atoms with Crippen molar-refractivity contribution in [3.8, 4) is 0 Å². The molecule has 1 saturated heterocycles. The Balaban J connectivity index is 2.00. The van der Waals surface area contributed by atoms with E-state index in [4.69, 9.17) is 11.6 Å². The molecule has 0 spiro atoms. The molecule has 2 aromatic rings. The lowest BCUT2D eigenvalue weighted by Crippen LogP contribution is -2.32. The molecule has 3 heteroatoms. The predicted molar refractivity (Wildman–Crippen MR) is 87.8 cm³/mol. The number of hydrogen-bond acceptors (Lipinski definition) is 1. The first-order chi connectivity index (χ1) is 10.4. The Morgan fingerprint density at radius 2 is 1.67 bits per heavy atom. The van der Waals surface area contributed by atoms with Crippen LogP contribution in [0.3, 0.4) is 0 Å². The fourth-order valence-corrected chi connectivity index (χ4v) is 3.22. The van der Waals surface area contributed by atoms with E-state index in [0.29, 0.717) is 0 Å². The average molecular weight is 300 g/mol. The van der Waals surface area contributed by atoms with Gasteiger partial charge in [0.2, 0.25) is 0 Å². The Hall–Kier alpha value is -1.35. The minimum atomic E-state index is 0.216. The van der Waals surface area contributed by atoms with Gasteiger partial charge in [0, 0.05) is 31.2 Å². The normalized spacial score (nSPS) is 18.1. The Bertz CT molecular complexity index is 562. The van der Waals surface area contributed by atoms with E-state index in [1.54, 1.807) is 0 Å². The van der Waals surface area contributed by atoms with Crippen LogP contribution < -0.4 is 5.32 Å². The van der Waals surface area contributed by atoms with E-state index >= 15 is 0 Å². The van der Waals surface area contributed by atoms with Crippen molar-refractivity contribution in [2.45, 2.75) is 12.5 Å². The van der Waals surface area contributed by atoms with Gasteiger partial charge in [-0.3, -0.25) is 4.90 Å². The van der Waals surface area contributed by atoms with E-state index in [0.717, 1.165) is 37.6 Å². The van der Waals surface area contributed by atoms with Crippen LogP contribution >= 0.6 is 11.6 Å². The summed E-state index contributed by atoms with van der Waals surface area (Å²) in [6.07, 6.45) is 1.12. The van der Waals surface area contributed by atoms with Crippen molar-refractivity contribution in [2.24, 2.45) is 0 Å². The van der Waals surface area contributed by atoms with Crippen molar-refractivity contribution in [1.82, 2.24) is 10.2 Å². The second kappa shape index (κ2) is 7.08. The maximum atomic E-state index is 6.48. The summed E-state index contributed by atoms with van der Waals surface area (Å²) in [6.45, 7) is 3.94. The van der Waals surface area contributed by atoms with Crippen LogP contribution in [0, 0.1) is 0 Å². The molecule has 0 saturated carbocycles. The summed E-state index contributed by atoms with van der Waals surface area (Å²) in [5.41, 5.74) is 2.49. The van der Waals surface area contributed by atoms with E-state index in [9.17, 15) is 0 Å². The predicted octanol–water partition coefficient (Wildman–Crippen LogP) is 3.74. The van der Waals surface area contributed by atoms with Gasteiger partial charge in [-0.25, -0.2) is 5.32 Å². The summed E-state index contributed by atoms with van der Waals surface area (Å²) < 4.78 is 0. The first kappa shape index (κ1) is 14.6. The molecule has 1 aliphatic rings. The molecule has 1 aliphatic heterocycles. The molecule has 0 bridgehead atoms. The lowest BCUT2D eigenvalue weighted by Gasteiger charge is -2.31. The van der Waals surface area contributed by atoms with Gasteiger partial charge in [0.1, 0.15) is 0 Å². The molecule has 1 radical (unpaired) electrons. The van der Waals surface area contributed by atoms with Crippen LogP contribution in [0.25, 0.3) is 0 Å². The Morgan fingerprint density at radius 1 is 0.905 bits per heavy atom. The van der Waals surface area contributed by atoms with Crippen molar-refractivity contribution >= 4 is 11.6 Å². The number of rotatable bonds is 3. The zero-order chi connectivity index (χ0) is 14.5. The van der Waals surface area contributed by atoms with Gasteiger partial charge < -0.3 is 0 Å². The van der Waals surface area contributed by atoms with Crippen LogP contribution in [0.5, 0.6) is 0 Å². The van der Waals surface area contributed by atoms with Crippen LogP contribution in [-0.4, -0.2) is 31.1 Å². The molecule has 1 fully saturated rings. The molecule has 1 heterocycles. The topological polar surface area (TPSA) is 17.3 Å². The molecular formula is C18H20ClN2. The monoisotopic (exact) mass is 299 g/mol. The quantitative estimate of drug-likeness (QED) is 0.844. The van der Waals surface area contributed by atoms with E-state index in [1.165, 1.54) is 11.1 Å². The molecule has 21 heavy (non-hydrogen) atoms. The fourth-order valence-electron chi connectivity index (χ4n) is 2.99. The van der Waals surface area contributed by atoms with Gasteiger partial charge in [-0.05, 0) is 23.6 Å². The first-order valence-corrected chi connectivity index (χ1v) is 7.91. The van der Waals surface area contributed by atoms with Gasteiger partial charge in [-0.2, -0.15) is 0 Å². The summed E-state index contributed by atoms with van der Waals surface area (Å²) >= 11 is 6.48. The number of hydrogen-bond donors (Lipinski definition) is 0. The number of benzene rings is 2. The van der Waals surface area contributed by atoms with Gasteiger partial charge in [0.25, 0.3) is 0 Å². The third kappa shape index (κ3) is 3.46. The molecule has 0 aromatic heterocycles. The maximum absolute atomic E-state index is 6.48. The van der Waals surface area contributed by atoms with Crippen LogP contribution in [-0.2, 0) is 0 Å². The zero-order valence-electron chi connectivity index (χ0n) is 12.1. The van der Waals surface area contributed by atoms with Gasteiger partial charge >= 0.3 is 0 Å². The summed E-state index contributed by atoms with van der Waals surface area (Å²) in [6, 6.07) is 19.0. The van der Waals surface area contributed by atoms with Crippen molar-refractivity contribution in [3.63, 3.8) is 0 Å². The largest absolute Gasteiger partial charge is 0.291 e. The van der Waals surface area contributed by atoms with Gasteiger partial charge in [-0.15, -0.1) is 0 Å². The van der Waals surface area contributed by atoms with E-state index in [1.807, 2.05) is 12.1 Å². The highest BCUT2D eigenvalue weighted by atomic mass is 35.5. The summed E-state index contributed by atoms with van der Waals surface area (Å²) in [4.78, 5) is 2.51. The molecule has 0 aliphatic carbocycles. The third-order valence-corrected chi connectivity index (χ3v) is 4.33. The lowest BCUT2D eigenvalue weighted by molar-refractivity contribution is 0.241. The average Bonchev–Trinajstić information content (AvgIpc) is 2.80. The lowest BCUT2D eigenvalue weighted by atomic mass is 9.96. The van der Waals surface area contributed by atoms with E-state index in [2.05, 4.69) is 52.7 Å². The van der Waals surface area contributed by atoms with E-state index in [-0.39, 0.29) is 6.04 Å². The number of halogens is 1. The number of nitrogens with zero attached hydrogens (tertiary/aromatic N) is 2. The van der Waals surface area contributed by atoms with Crippen LogP contribution in [0.1, 0.15) is 23.6 Å². The summed E-state index contributed by atoms with van der Waals surface area (Å²) in [5.74, 6) is 0. The molecule has 1 unspecified atom stereocenters. The van der Waals surface area contributed by atoms with Gasteiger partial charge in [0.05, 0.1) is 6.04 Å². The Morgan fingerprint density at radius 3 is 2.48 bits per heavy atom. The third-order valence-electron chi connectivity index (χ3n) is 3.99. The second-order valence-electron chi connectivity index (χ2n) is 5.40. The molecule has 0 amide bonds. The van der Waals surface area contributed by atoms with E-state index < -0.39 is 0 Å². The van der Waals surface area contributed by atoms with Crippen molar-refractivity contribution in [1.29, 1.82) is 0 Å². The van der Waals surface area contributed by atoms with Crippen molar-refractivity contribution < 1.29 is 0 Å². The zero-order valence-corrected chi connectivity index (χ0v) is 12.8. The molecular weight excluding hydrogens is 280 g/mol. The molecule has 0 N–H and O–H groups in total. The van der Waals surface area contributed by atoms with Gasteiger partial charge in [0.15, 0.2) is 0 Å². The minimum Gasteiger partial charge on any atom is -0.291 e. The standard InChI is InChI=1S/C18H20ClN2/c19-17-10-5-4-9-16(17)18(15-7-2-1-3-8-15)21-13-6-11-20-12-14-21/h1-5,7-10,18H,6,11-14H2. The highest BCUT2D eigenvalue weighted by molar-refractivity contribution is 6.31. The molecule has 109 valence electrons. The van der Waals surface area contributed by atoms with Crippen LogP contribution in [0.4, 0.5) is 0 Å². The van der Waals surface area contributed by atoms with Crippen LogP contribution in [0.2, 0.25) is 5.02 Å². The molecule has 2 aromatic carbocycles. The second-order valence-corrected chi connectivity index (χ2v) is 5.80. The SMILES string of the molecule is Clc1ccccc1C(c1ccccc1)N1CCC[N]CC1. The first-order valence-electron chi connectivity index (χ1n) is 7.53. The van der Waals surface area contributed by atoms with Gasteiger partial charge in [-0.1, -0.05) is 60.1 Å². The van der Waals surface area contributed by atoms with Crippen molar-refractivity contribution in [3.05, 3.63) is 70.7 Å².